The van der Waals surface area contributed by atoms with Crippen LogP contribution >= 0.6 is 0 Å². The third kappa shape index (κ3) is 5.86. The molecule has 1 aliphatic carbocycles. The van der Waals surface area contributed by atoms with Crippen molar-refractivity contribution >= 4 is 11.6 Å². The van der Waals surface area contributed by atoms with Crippen LogP contribution in [0.25, 0.3) is 0 Å². The minimum atomic E-state index is -0.376. The number of ether oxygens (including phenoxy) is 1. The van der Waals surface area contributed by atoms with Gasteiger partial charge in [0.25, 0.3) is 0 Å². The summed E-state index contributed by atoms with van der Waals surface area (Å²) in [6, 6.07) is 11.4. The van der Waals surface area contributed by atoms with Crippen LogP contribution in [0.15, 0.2) is 30.3 Å². The summed E-state index contributed by atoms with van der Waals surface area (Å²) < 4.78 is 5.51. The maximum absolute atomic E-state index is 14.0. The van der Waals surface area contributed by atoms with Gasteiger partial charge < -0.3 is 19.4 Å². The standard InChI is InChI=1S/C29H46N4O2/c34-28-29(15-17-31(18-16-29)26-11-7-4-2-1-3-5-8-12-26)33(27-13-9-6-10-14-27)25-32(28)20-19-30-21-23-35-24-22-30/h6,9-10,13-14,26H,1-5,7-8,11-12,15-25H2. The van der Waals surface area contributed by atoms with E-state index in [1.807, 2.05) is 0 Å². The largest absolute Gasteiger partial charge is 0.379 e. The zero-order valence-electron chi connectivity index (χ0n) is 21.7. The number of anilines is 1. The van der Waals surface area contributed by atoms with Crippen molar-refractivity contribution in [1.29, 1.82) is 0 Å². The molecule has 3 heterocycles. The fourth-order valence-corrected chi connectivity index (χ4v) is 6.87. The zero-order valence-corrected chi connectivity index (χ0v) is 21.7. The molecular formula is C29H46N4O2. The van der Waals surface area contributed by atoms with Gasteiger partial charge in [0.2, 0.25) is 5.91 Å². The monoisotopic (exact) mass is 482 g/mol. The topological polar surface area (TPSA) is 39.3 Å². The Balaban J connectivity index is 1.27. The lowest BCUT2D eigenvalue weighted by atomic mass is 9.84. The Labute approximate surface area is 212 Å². The van der Waals surface area contributed by atoms with E-state index in [1.54, 1.807) is 0 Å². The highest BCUT2D eigenvalue weighted by atomic mass is 16.5. The average molecular weight is 483 g/mol. The van der Waals surface area contributed by atoms with E-state index in [-0.39, 0.29) is 5.54 Å². The molecule has 6 heteroatoms. The predicted octanol–water partition coefficient (Wildman–Crippen LogP) is 4.35. The second-order valence-corrected chi connectivity index (χ2v) is 11.2. The van der Waals surface area contributed by atoms with E-state index in [0.717, 1.165) is 72.0 Å². The number of carbonyl (C=O) groups excluding carboxylic acids is 1. The zero-order chi connectivity index (χ0) is 23.9. The van der Waals surface area contributed by atoms with E-state index in [1.165, 1.54) is 63.5 Å². The molecule has 1 amide bonds. The van der Waals surface area contributed by atoms with Crippen molar-refractivity contribution in [2.45, 2.75) is 82.2 Å². The second kappa shape index (κ2) is 12.1. The normalized spacial score (nSPS) is 25.9. The summed E-state index contributed by atoms with van der Waals surface area (Å²) in [7, 11) is 0. The predicted molar refractivity (Wildman–Crippen MR) is 142 cm³/mol. The molecule has 1 aromatic rings. The van der Waals surface area contributed by atoms with Gasteiger partial charge in [0.05, 0.1) is 19.9 Å². The first-order chi connectivity index (χ1) is 17.3. The molecule has 0 radical (unpaired) electrons. The third-order valence-electron chi connectivity index (χ3n) is 9.09. The van der Waals surface area contributed by atoms with Crippen LogP contribution in [-0.2, 0) is 9.53 Å². The number of hydrogen-bond acceptors (Lipinski definition) is 5. The first-order valence-corrected chi connectivity index (χ1v) is 14.4. The molecule has 6 nitrogen and oxygen atoms in total. The first-order valence-electron chi connectivity index (χ1n) is 14.4. The van der Waals surface area contributed by atoms with E-state index < -0.39 is 0 Å². The summed E-state index contributed by atoms with van der Waals surface area (Å²) in [4.78, 5) is 23.8. The Morgan fingerprint density at radius 1 is 0.800 bits per heavy atom. The highest BCUT2D eigenvalue weighted by Gasteiger charge is 2.53. The minimum absolute atomic E-state index is 0.361. The Hall–Kier alpha value is -1.63. The fraction of sp³-hybridized carbons (Fsp3) is 0.759. The van der Waals surface area contributed by atoms with Crippen molar-refractivity contribution < 1.29 is 9.53 Å². The van der Waals surface area contributed by atoms with Crippen molar-refractivity contribution in [3.05, 3.63) is 30.3 Å². The van der Waals surface area contributed by atoms with Crippen molar-refractivity contribution in [3.8, 4) is 0 Å². The molecule has 0 atom stereocenters. The average Bonchev–Trinajstić information content (AvgIpc) is 3.18. The van der Waals surface area contributed by atoms with Crippen LogP contribution in [0.3, 0.4) is 0 Å². The lowest BCUT2D eigenvalue weighted by molar-refractivity contribution is -0.134. The lowest BCUT2D eigenvalue weighted by Crippen LogP contribution is -2.58. The van der Waals surface area contributed by atoms with Gasteiger partial charge in [-0.25, -0.2) is 0 Å². The number of nitrogens with zero attached hydrogens (tertiary/aromatic N) is 4. The summed E-state index contributed by atoms with van der Waals surface area (Å²) in [5, 5.41) is 0. The molecule has 4 aliphatic rings. The summed E-state index contributed by atoms with van der Waals surface area (Å²) in [5.74, 6) is 0.361. The van der Waals surface area contributed by atoms with E-state index in [4.69, 9.17) is 4.74 Å². The molecule has 194 valence electrons. The van der Waals surface area contributed by atoms with Crippen LogP contribution in [0, 0.1) is 0 Å². The van der Waals surface area contributed by atoms with Gasteiger partial charge in [-0.3, -0.25) is 9.69 Å². The number of hydrogen-bond donors (Lipinski definition) is 0. The van der Waals surface area contributed by atoms with Gasteiger partial charge in [-0.1, -0.05) is 63.1 Å². The molecule has 0 bridgehead atoms. The highest BCUT2D eigenvalue weighted by Crippen LogP contribution is 2.40. The van der Waals surface area contributed by atoms with E-state index in [0.29, 0.717) is 11.9 Å². The number of morpholine rings is 1. The Morgan fingerprint density at radius 2 is 1.43 bits per heavy atom. The van der Waals surface area contributed by atoms with Crippen molar-refractivity contribution in [3.63, 3.8) is 0 Å². The first kappa shape index (κ1) is 25.0. The number of rotatable bonds is 5. The molecule has 0 N–H and O–H groups in total. The molecule has 35 heavy (non-hydrogen) atoms. The SMILES string of the molecule is O=C1N(CCN2CCOCC2)CN(c2ccccc2)C12CCN(C1CCCCCCCCC1)CC2. The van der Waals surface area contributed by atoms with Gasteiger partial charge in [0, 0.05) is 51.0 Å². The molecule has 5 rings (SSSR count). The summed E-state index contributed by atoms with van der Waals surface area (Å²) in [6.45, 7) is 8.16. The Morgan fingerprint density at radius 3 is 2.09 bits per heavy atom. The number of benzene rings is 1. The lowest BCUT2D eigenvalue weighted by Gasteiger charge is -2.45. The van der Waals surface area contributed by atoms with E-state index in [2.05, 4.69) is 49.9 Å². The number of carbonyl (C=O) groups is 1. The van der Waals surface area contributed by atoms with Crippen LogP contribution in [0.4, 0.5) is 5.69 Å². The molecule has 1 spiro atoms. The maximum Gasteiger partial charge on any atom is 0.250 e. The van der Waals surface area contributed by atoms with Crippen molar-refractivity contribution in [2.24, 2.45) is 0 Å². The van der Waals surface area contributed by atoms with Gasteiger partial charge in [0.1, 0.15) is 5.54 Å². The number of piperidine rings is 1. The fourth-order valence-electron chi connectivity index (χ4n) is 6.87. The third-order valence-corrected chi connectivity index (χ3v) is 9.09. The maximum atomic E-state index is 14.0. The molecule has 1 aromatic carbocycles. The van der Waals surface area contributed by atoms with Crippen LogP contribution in [0.5, 0.6) is 0 Å². The minimum Gasteiger partial charge on any atom is -0.379 e. The van der Waals surface area contributed by atoms with Gasteiger partial charge in [-0.2, -0.15) is 0 Å². The molecule has 3 saturated heterocycles. The van der Waals surface area contributed by atoms with E-state index in [9.17, 15) is 4.79 Å². The second-order valence-electron chi connectivity index (χ2n) is 11.2. The summed E-state index contributed by atoms with van der Waals surface area (Å²) >= 11 is 0. The van der Waals surface area contributed by atoms with Gasteiger partial charge in [0.15, 0.2) is 0 Å². The van der Waals surface area contributed by atoms with Gasteiger partial charge in [-0.15, -0.1) is 0 Å². The van der Waals surface area contributed by atoms with Crippen LogP contribution < -0.4 is 4.90 Å². The Kier molecular flexibility index (Phi) is 8.64. The number of para-hydroxylation sites is 1. The summed E-state index contributed by atoms with van der Waals surface area (Å²) in [6.07, 6.45) is 14.4. The molecule has 4 fully saturated rings. The van der Waals surface area contributed by atoms with Gasteiger partial charge >= 0.3 is 0 Å². The highest BCUT2D eigenvalue weighted by molar-refractivity contribution is 5.93. The molecular weight excluding hydrogens is 436 g/mol. The van der Waals surface area contributed by atoms with Crippen molar-refractivity contribution in [2.75, 3.05) is 64.1 Å². The number of likely N-dealkylation sites (tertiary alicyclic amines) is 1. The van der Waals surface area contributed by atoms with Crippen LogP contribution in [0.1, 0.15) is 70.6 Å². The molecule has 0 aromatic heterocycles. The Bertz CT molecular complexity index is 779. The smallest absolute Gasteiger partial charge is 0.250 e. The quantitative estimate of drug-likeness (QED) is 0.624. The number of amides is 1. The van der Waals surface area contributed by atoms with Crippen LogP contribution in [-0.4, -0.2) is 91.3 Å². The summed E-state index contributed by atoms with van der Waals surface area (Å²) in [5.41, 5.74) is 0.820. The van der Waals surface area contributed by atoms with E-state index >= 15 is 0 Å². The molecule has 3 aliphatic heterocycles. The van der Waals surface area contributed by atoms with Crippen LogP contribution in [0.2, 0.25) is 0 Å². The molecule has 1 saturated carbocycles. The van der Waals surface area contributed by atoms with Crippen molar-refractivity contribution in [1.82, 2.24) is 14.7 Å². The molecule has 0 unspecified atom stereocenters. The van der Waals surface area contributed by atoms with Gasteiger partial charge in [-0.05, 0) is 37.8 Å².